The quantitative estimate of drug-likeness (QED) is 0.851. The molecule has 124 valence electrons. The molecule has 0 saturated carbocycles. The Morgan fingerprint density at radius 3 is 3.04 bits per heavy atom. The van der Waals surface area contributed by atoms with Crippen LogP contribution in [0.4, 0.5) is 0 Å². The molecule has 0 N–H and O–H groups in total. The highest BCUT2D eigenvalue weighted by molar-refractivity contribution is 5.90. The maximum Gasteiger partial charge on any atom is 0.243 e. The van der Waals surface area contributed by atoms with Gasteiger partial charge in [-0.25, -0.2) is 0 Å². The van der Waals surface area contributed by atoms with E-state index in [0.29, 0.717) is 17.9 Å². The number of likely N-dealkylation sites (N-methyl/N-ethyl adjacent to an activating group) is 1. The highest BCUT2D eigenvalue weighted by Gasteiger charge is 2.64. The molecule has 5 heterocycles. The van der Waals surface area contributed by atoms with Crippen LogP contribution in [0.2, 0.25) is 0 Å². The standard InChI is InChI=1S/C19H22N4O/c1-21-13-14-11-17(23-10-4-7-19(14,23)18(21)24)16-6-3-9-22(16)15-5-2-8-20-12-15/h2-3,5-6,8-9,12,14,17H,4,7,10-11,13H2,1H3/t14-,17-,19-/m0/s1. The van der Waals surface area contributed by atoms with Gasteiger partial charge in [0.1, 0.15) is 5.54 Å². The Balaban J connectivity index is 1.57. The molecule has 0 aromatic carbocycles. The molecule has 5 rings (SSSR count). The van der Waals surface area contributed by atoms with Crippen LogP contribution in [0.15, 0.2) is 42.9 Å². The summed E-state index contributed by atoms with van der Waals surface area (Å²) < 4.78 is 2.24. The number of pyridine rings is 1. The fraction of sp³-hybridized carbons (Fsp3) is 0.474. The first-order valence-corrected chi connectivity index (χ1v) is 8.82. The fourth-order valence-electron chi connectivity index (χ4n) is 5.38. The van der Waals surface area contributed by atoms with Crippen LogP contribution < -0.4 is 0 Å². The Hall–Kier alpha value is -2.14. The van der Waals surface area contributed by atoms with Gasteiger partial charge in [-0.05, 0) is 50.1 Å². The molecule has 0 unspecified atom stereocenters. The maximum atomic E-state index is 12.9. The van der Waals surface area contributed by atoms with E-state index in [-0.39, 0.29) is 5.54 Å². The van der Waals surface area contributed by atoms with Crippen molar-refractivity contribution in [2.75, 3.05) is 20.1 Å². The molecule has 0 bridgehead atoms. The van der Waals surface area contributed by atoms with Crippen LogP contribution in [0.5, 0.6) is 0 Å². The second-order valence-electron chi connectivity index (χ2n) is 7.37. The third kappa shape index (κ3) is 1.68. The predicted molar refractivity (Wildman–Crippen MR) is 90.7 cm³/mol. The number of carbonyl (C=O) groups excluding carboxylic acids is 1. The van der Waals surface area contributed by atoms with Crippen molar-refractivity contribution in [1.29, 1.82) is 0 Å². The average Bonchev–Trinajstić information content (AvgIpc) is 3.33. The molecule has 3 fully saturated rings. The second kappa shape index (κ2) is 4.93. The minimum atomic E-state index is -0.233. The third-order valence-corrected chi connectivity index (χ3v) is 6.29. The molecule has 3 aliphatic heterocycles. The van der Waals surface area contributed by atoms with Crippen molar-refractivity contribution in [3.63, 3.8) is 0 Å². The third-order valence-electron chi connectivity index (χ3n) is 6.29. The lowest BCUT2D eigenvalue weighted by Crippen LogP contribution is -2.49. The van der Waals surface area contributed by atoms with Crippen molar-refractivity contribution in [3.8, 4) is 5.69 Å². The Labute approximate surface area is 141 Å². The first-order valence-electron chi connectivity index (χ1n) is 8.82. The van der Waals surface area contributed by atoms with E-state index in [0.717, 1.165) is 38.0 Å². The van der Waals surface area contributed by atoms with Gasteiger partial charge in [-0.3, -0.25) is 14.7 Å². The molecule has 5 heteroatoms. The molecule has 3 aliphatic rings. The van der Waals surface area contributed by atoms with Crippen LogP contribution in [0.1, 0.15) is 31.0 Å². The zero-order valence-corrected chi connectivity index (χ0v) is 13.9. The van der Waals surface area contributed by atoms with Gasteiger partial charge in [0.05, 0.1) is 17.9 Å². The summed E-state index contributed by atoms with van der Waals surface area (Å²) >= 11 is 0. The number of likely N-dealkylation sites (tertiary alicyclic amines) is 1. The molecule has 3 atom stereocenters. The van der Waals surface area contributed by atoms with Crippen LogP contribution >= 0.6 is 0 Å². The normalized spacial score (nSPS) is 32.4. The summed E-state index contributed by atoms with van der Waals surface area (Å²) in [5.41, 5.74) is 2.14. The van der Waals surface area contributed by atoms with Crippen LogP contribution in [0.25, 0.3) is 5.69 Å². The van der Waals surface area contributed by atoms with Gasteiger partial charge in [-0.1, -0.05) is 0 Å². The molecule has 2 aromatic heterocycles. The van der Waals surface area contributed by atoms with Crippen LogP contribution in [0.3, 0.4) is 0 Å². The number of rotatable bonds is 2. The largest absolute Gasteiger partial charge is 0.344 e. The summed E-state index contributed by atoms with van der Waals surface area (Å²) in [6.45, 7) is 1.93. The fourth-order valence-corrected chi connectivity index (χ4v) is 5.38. The lowest BCUT2D eigenvalue weighted by atomic mass is 9.85. The topological polar surface area (TPSA) is 41.4 Å². The van der Waals surface area contributed by atoms with Gasteiger partial charge in [0.2, 0.25) is 5.91 Å². The first-order chi connectivity index (χ1) is 11.7. The van der Waals surface area contributed by atoms with Gasteiger partial charge in [-0.15, -0.1) is 0 Å². The van der Waals surface area contributed by atoms with Crippen molar-refractivity contribution in [1.82, 2.24) is 19.4 Å². The Morgan fingerprint density at radius 2 is 2.21 bits per heavy atom. The molecule has 2 aromatic rings. The van der Waals surface area contributed by atoms with Crippen molar-refractivity contribution in [2.45, 2.75) is 30.8 Å². The number of hydrogen-bond donors (Lipinski definition) is 0. The maximum absolute atomic E-state index is 12.9. The molecular formula is C19H22N4O. The van der Waals surface area contributed by atoms with E-state index in [1.165, 1.54) is 5.69 Å². The number of carbonyl (C=O) groups is 1. The highest BCUT2D eigenvalue weighted by atomic mass is 16.2. The van der Waals surface area contributed by atoms with E-state index in [1.807, 2.05) is 24.2 Å². The minimum Gasteiger partial charge on any atom is -0.344 e. The second-order valence-corrected chi connectivity index (χ2v) is 7.37. The predicted octanol–water partition coefficient (Wildman–Crippen LogP) is 2.24. The van der Waals surface area contributed by atoms with Crippen molar-refractivity contribution >= 4 is 5.91 Å². The summed E-state index contributed by atoms with van der Waals surface area (Å²) in [5, 5.41) is 0. The molecule has 1 amide bonds. The van der Waals surface area contributed by atoms with E-state index in [4.69, 9.17) is 0 Å². The number of aromatic nitrogens is 2. The SMILES string of the molecule is CN1C[C@@H]2C[C@@H](c3cccn3-c3cccnc3)N3CCC[C@@]23C1=O. The van der Waals surface area contributed by atoms with E-state index in [9.17, 15) is 4.79 Å². The first kappa shape index (κ1) is 14.2. The Bertz CT molecular complexity index is 786. The van der Waals surface area contributed by atoms with E-state index in [1.54, 1.807) is 6.20 Å². The van der Waals surface area contributed by atoms with E-state index >= 15 is 0 Å². The summed E-state index contributed by atoms with van der Waals surface area (Å²) in [6.07, 6.45) is 9.02. The number of hydrogen-bond acceptors (Lipinski definition) is 3. The molecule has 3 saturated heterocycles. The van der Waals surface area contributed by atoms with Crippen molar-refractivity contribution in [3.05, 3.63) is 48.5 Å². The molecule has 0 aliphatic carbocycles. The molecule has 1 spiro atoms. The van der Waals surface area contributed by atoms with Crippen LogP contribution in [-0.4, -0.2) is 50.9 Å². The minimum absolute atomic E-state index is 0.233. The summed E-state index contributed by atoms with van der Waals surface area (Å²) in [6, 6.07) is 8.69. The van der Waals surface area contributed by atoms with Gasteiger partial charge in [0.15, 0.2) is 0 Å². The van der Waals surface area contributed by atoms with Gasteiger partial charge < -0.3 is 9.47 Å². The van der Waals surface area contributed by atoms with Crippen LogP contribution in [-0.2, 0) is 4.79 Å². The zero-order chi connectivity index (χ0) is 16.3. The van der Waals surface area contributed by atoms with Crippen LogP contribution in [0, 0.1) is 5.92 Å². The molecule has 24 heavy (non-hydrogen) atoms. The van der Waals surface area contributed by atoms with Gasteiger partial charge in [0, 0.05) is 37.6 Å². The molecular weight excluding hydrogens is 300 g/mol. The van der Waals surface area contributed by atoms with E-state index in [2.05, 4.69) is 38.8 Å². The lowest BCUT2D eigenvalue weighted by molar-refractivity contribution is -0.135. The van der Waals surface area contributed by atoms with Gasteiger partial charge >= 0.3 is 0 Å². The molecule has 0 radical (unpaired) electrons. The average molecular weight is 322 g/mol. The highest BCUT2D eigenvalue weighted by Crippen LogP contribution is 2.55. The smallest absolute Gasteiger partial charge is 0.243 e. The van der Waals surface area contributed by atoms with E-state index < -0.39 is 0 Å². The summed E-state index contributed by atoms with van der Waals surface area (Å²) in [4.78, 5) is 21.6. The van der Waals surface area contributed by atoms with Crippen molar-refractivity contribution in [2.24, 2.45) is 5.92 Å². The number of nitrogens with zero attached hydrogens (tertiary/aromatic N) is 4. The molecule has 5 nitrogen and oxygen atoms in total. The summed E-state index contributed by atoms with van der Waals surface area (Å²) in [5.74, 6) is 0.798. The van der Waals surface area contributed by atoms with Gasteiger partial charge in [-0.2, -0.15) is 0 Å². The zero-order valence-electron chi connectivity index (χ0n) is 13.9. The summed E-state index contributed by atoms with van der Waals surface area (Å²) in [7, 11) is 1.96. The van der Waals surface area contributed by atoms with Crippen molar-refractivity contribution < 1.29 is 4.79 Å². The van der Waals surface area contributed by atoms with Gasteiger partial charge in [0.25, 0.3) is 0 Å². The lowest BCUT2D eigenvalue weighted by Gasteiger charge is -2.33. The number of amides is 1. The Kier molecular flexibility index (Phi) is 2.92. The Morgan fingerprint density at radius 1 is 1.29 bits per heavy atom. The monoisotopic (exact) mass is 322 g/mol.